The molecule has 0 radical (unpaired) electrons. The Morgan fingerprint density at radius 1 is 1.43 bits per heavy atom. The van der Waals surface area contributed by atoms with E-state index in [1.165, 1.54) is 31.3 Å². The number of carbonyl (C=O) groups excluding carboxylic acids is 1. The summed E-state index contributed by atoms with van der Waals surface area (Å²) in [4.78, 5) is 13.9. The number of rotatable bonds is 0. The van der Waals surface area contributed by atoms with E-state index >= 15 is 0 Å². The maximum atomic E-state index is 11.8. The van der Waals surface area contributed by atoms with Gasteiger partial charge in [-0.3, -0.25) is 4.79 Å². The van der Waals surface area contributed by atoms with Gasteiger partial charge >= 0.3 is 0 Å². The van der Waals surface area contributed by atoms with E-state index in [9.17, 15) is 4.79 Å². The molecule has 0 N–H and O–H groups in total. The number of amides is 1. The van der Waals surface area contributed by atoms with E-state index < -0.39 is 0 Å². The second-order valence-corrected chi connectivity index (χ2v) is 5.30. The summed E-state index contributed by atoms with van der Waals surface area (Å²) in [7, 11) is 0. The molecule has 14 heavy (non-hydrogen) atoms. The molecule has 1 atom stereocenters. The van der Waals surface area contributed by atoms with Crippen molar-refractivity contribution in [1.82, 2.24) is 4.90 Å². The Balaban J connectivity index is 2.15. The maximum Gasteiger partial charge on any atom is 0.247 e. The first kappa shape index (κ1) is 10.1. The highest BCUT2D eigenvalue weighted by Crippen LogP contribution is 2.29. The van der Waals surface area contributed by atoms with Crippen LogP contribution in [0, 0.1) is 0 Å². The van der Waals surface area contributed by atoms with Crippen LogP contribution in [-0.2, 0) is 4.79 Å². The zero-order valence-corrected chi connectivity index (χ0v) is 9.48. The fourth-order valence-corrected chi connectivity index (χ4v) is 3.33. The van der Waals surface area contributed by atoms with Gasteiger partial charge in [0.15, 0.2) is 0 Å². The Morgan fingerprint density at radius 3 is 3.14 bits per heavy atom. The lowest BCUT2D eigenvalue weighted by molar-refractivity contribution is -0.126. The van der Waals surface area contributed by atoms with Gasteiger partial charge < -0.3 is 4.90 Å². The zero-order valence-electron chi connectivity index (χ0n) is 8.66. The molecule has 1 fully saturated rings. The van der Waals surface area contributed by atoms with Gasteiger partial charge in [-0.25, -0.2) is 0 Å². The third-order valence-electron chi connectivity index (χ3n) is 2.85. The van der Waals surface area contributed by atoms with Crippen LogP contribution in [0.1, 0.15) is 32.6 Å². The van der Waals surface area contributed by atoms with Crippen LogP contribution in [0.15, 0.2) is 11.6 Å². The third kappa shape index (κ3) is 2.14. The highest BCUT2D eigenvalue weighted by molar-refractivity contribution is 8.00. The minimum Gasteiger partial charge on any atom is -0.327 e. The number of nitrogens with zero attached hydrogens (tertiary/aromatic N) is 1. The molecule has 0 aliphatic carbocycles. The maximum absolute atomic E-state index is 11.8. The standard InChI is InChI=1S/C11H17NOS/c1-9-7-10(13)12-6-4-2-3-5-11(12)14-8-9/h7,11H,2-6,8H2,1H3. The molecule has 78 valence electrons. The molecule has 1 saturated heterocycles. The Hall–Kier alpha value is -0.440. The van der Waals surface area contributed by atoms with Crippen molar-refractivity contribution in [3.05, 3.63) is 11.6 Å². The fraction of sp³-hybridized carbons (Fsp3) is 0.727. The molecule has 1 amide bonds. The first-order chi connectivity index (χ1) is 6.77. The first-order valence-corrected chi connectivity index (χ1v) is 6.41. The molecule has 2 rings (SSSR count). The molecule has 1 unspecified atom stereocenters. The van der Waals surface area contributed by atoms with E-state index in [4.69, 9.17) is 0 Å². The largest absolute Gasteiger partial charge is 0.327 e. The van der Waals surface area contributed by atoms with Crippen molar-refractivity contribution in [2.24, 2.45) is 0 Å². The number of hydrogen-bond donors (Lipinski definition) is 0. The highest BCUT2D eigenvalue weighted by Gasteiger charge is 2.26. The van der Waals surface area contributed by atoms with Crippen molar-refractivity contribution in [2.45, 2.75) is 38.0 Å². The van der Waals surface area contributed by atoms with Crippen LogP contribution < -0.4 is 0 Å². The van der Waals surface area contributed by atoms with Crippen molar-refractivity contribution in [1.29, 1.82) is 0 Å². The van der Waals surface area contributed by atoms with Crippen LogP contribution in [0.25, 0.3) is 0 Å². The SMILES string of the molecule is CC1=CC(=O)N2CCCCCC2SC1. The van der Waals surface area contributed by atoms with Gasteiger partial charge in [-0.1, -0.05) is 18.4 Å². The van der Waals surface area contributed by atoms with Gasteiger partial charge in [0.25, 0.3) is 0 Å². The van der Waals surface area contributed by atoms with Gasteiger partial charge in [0.2, 0.25) is 5.91 Å². The summed E-state index contributed by atoms with van der Waals surface area (Å²) < 4.78 is 0. The Labute approximate surface area is 89.7 Å². The smallest absolute Gasteiger partial charge is 0.247 e. The molecule has 0 aromatic heterocycles. The van der Waals surface area contributed by atoms with E-state index in [0.717, 1.165) is 12.3 Å². The minimum absolute atomic E-state index is 0.236. The molecule has 2 aliphatic heterocycles. The predicted octanol–water partition coefficient (Wildman–Crippen LogP) is 2.41. The molecule has 0 bridgehead atoms. The van der Waals surface area contributed by atoms with E-state index in [1.54, 1.807) is 0 Å². The summed E-state index contributed by atoms with van der Waals surface area (Å²) in [5, 5.41) is 0.443. The predicted molar refractivity (Wildman–Crippen MR) is 60.2 cm³/mol. The van der Waals surface area contributed by atoms with Gasteiger partial charge in [-0.2, -0.15) is 0 Å². The second kappa shape index (κ2) is 4.39. The number of thioether (sulfide) groups is 1. The Kier molecular flexibility index (Phi) is 3.16. The van der Waals surface area contributed by atoms with Crippen LogP contribution in [0.5, 0.6) is 0 Å². The topological polar surface area (TPSA) is 20.3 Å². The fourth-order valence-electron chi connectivity index (χ4n) is 2.07. The average Bonchev–Trinajstić information content (AvgIpc) is 2.44. The van der Waals surface area contributed by atoms with Crippen LogP contribution in [0.3, 0.4) is 0 Å². The van der Waals surface area contributed by atoms with Crippen LogP contribution in [0.2, 0.25) is 0 Å². The van der Waals surface area contributed by atoms with Crippen LogP contribution >= 0.6 is 11.8 Å². The molecule has 2 aliphatic rings. The van der Waals surface area contributed by atoms with Crippen molar-refractivity contribution in [3.8, 4) is 0 Å². The van der Waals surface area contributed by atoms with Crippen LogP contribution in [0.4, 0.5) is 0 Å². The molecule has 0 spiro atoms. The quantitative estimate of drug-likeness (QED) is 0.613. The van der Waals surface area contributed by atoms with Gasteiger partial charge in [-0.15, -0.1) is 11.8 Å². The van der Waals surface area contributed by atoms with E-state index in [-0.39, 0.29) is 5.91 Å². The van der Waals surface area contributed by atoms with Gasteiger partial charge in [0.05, 0.1) is 5.37 Å². The summed E-state index contributed by atoms with van der Waals surface area (Å²) >= 11 is 1.93. The van der Waals surface area contributed by atoms with E-state index in [1.807, 2.05) is 17.8 Å². The Morgan fingerprint density at radius 2 is 2.29 bits per heavy atom. The van der Waals surface area contributed by atoms with E-state index in [0.29, 0.717) is 5.37 Å². The van der Waals surface area contributed by atoms with Gasteiger partial charge in [0.1, 0.15) is 0 Å². The summed E-state index contributed by atoms with van der Waals surface area (Å²) in [6.07, 6.45) is 6.73. The van der Waals surface area contributed by atoms with E-state index in [2.05, 4.69) is 11.8 Å². The number of hydrogen-bond acceptors (Lipinski definition) is 2. The molecule has 2 nitrogen and oxygen atoms in total. The van der Waals surface area contributed by atoms with Crippen molar-refractivity contribution >= 4 is 17.7 Å². The number of carbonyl (C=O) groups is 1. The zero-order chi connectivity index (χ0) is 9.97. The van der Waals surface area contributed by atoms with Crippen LogP contribution in [-0.4, -0.2) is 28.5 Å². The number of fused-ring (bicyclic) bond motifs is 1. The average molecular weight is 211 g/mol. The molecule has 0 saturated carbocycles. The Bertz CT molecular complexity index is 262. The second-order valence-electron chi connectivity index (χ2n) is 4.14. The molecule has 0 aromatic rings. The summed E-state index contributed by atoms with van der Waals surface area (Å²) in [6.45, 7) is 3.01. The highest BCUT2D eigenvalue weighted by atomic mass is 32.2. The molecular formula is C11H17NOS. The summed E-state index contributed by atoms with van der Waals surface area (Å²) in [5.74, 6) is 1.26. The van der Waals surface area contributed by atoms with Gasteiger partial charge in [-0.05, 0) is 19.8 Å². The normalized spacial score (nSPS) is 28.9. The van der Waals surface area contributed by atoms with Gasteiger partial charge in [0, 0.05) is 18.4 Å². The summed E-state index contributed by atoms with van der Waals surface area (Å²) in [5.41, 5.74) is 1.22. The lowest BCUT2D eigenvalue weighted by Crippen LogP contribution is -2.36. The van der Waals surface area contributed by atoms with Crippen molar-refractivity contribution in [3.63, 3.8) is 0 Å². The lowest BCUT2D eigenvalue weighted by atomic mass is 10.2. The summed E-state index contributed by atoms with van der Waals surface area (Å²) in [6, 6.07) is 0. The lowest BCUT2D eigenvalue weighted by Gasteiger charge is -2.26. The van der Waals surface area contributed by atoms with Crippen molar-refractivity contribution < 1.29 is 4.79 Å². The molecule has 2 heterocycles. The molecular weight excluding hydrogens is 194 g/mol. The third-order valence-corrected chi connectivity index (χ3v) is 4.35. The monoisotopic (exact) mass is 211 g/mol. The molecule has 3 heteroatoms. The minimum atomic E-state index is 0.236. The molecule has 0 aromatic carbocycles. The van der Waals surface area contributed by atoms with Crippen molar-refractivity contribution in [2.75, 3.05) is 12.3 Å². The first-order valence-electron chi connectivity index (χ1n) is 5.37.